The molecule has 0 aromatic carbocycles. The van der Waals surface area contributed by atoms with Crippen LogP contribution in [0.4, 0.5) is 10.5 Å². The largest absolute Gasteiger partial charge is 0.338 e. The van der Waals surface area contributed by atoms with Gasteiger partial charge in [-0.05, 0) is 37.3 Å². The number of hydrogen-bond acceptors (Lipinski definition) is 2. The lowest BCUT2D eigenvalue weighted by Crippen LogP contribution is -2.35. The van der Waals surface area contributed by atoms with Crippen LogP contribution in [0.2, 0.25) is 0 Å². The molecule has 102 valence electrons. The molecule has 5 heteroatoms. The molecule has 0 radical (unpaired) electrons. The van der Waals surface area contributed by atoms with Gasteiger partial charge in [-0.3, -0.25) is 4.79 Å². The van der Waals surface area contributed by atoms with Gasteiger partial charge in [0.2, 0.25) is 0 Å². The molecule has 2 N–H and O–H groups in total. The van der Waals surface area contributed by atoms with E-state index in [0.29, 0.717) is 18.2 Å². The zero-order chi connectivity index (χ0) is 13.7. The second kappa shape index (κ2) is 6.22. The average molecular weight is 261 g/mol. The molecule has 1 aliphatic rings. The van der Waals surface area contributed by atoms with E-state index in [2.05, 4.69) is 22.8 Å². The Bertz CT molecular complexity index is 534. The summed E-state index contributed by atoms with van der Waals surface area (Å²) in [6, 6.07) is 3.01. The molecule has 1 atom stereocenters. The molecule has 0 fully saturated rings. The van der Waals surface area contributed by atoms with Gasteiger partial charge in [-0.25, -0.2) is 4.79 Å². The molecule has 1 heterocycles. The number of nitrogens with zero attached hydrogens (tertiary/aromatic N) is 1. The highest BCUT2D eigenvalue weighted by atomic mass is 16.2. The lowest BCUT2D eigenvalue weighted by molar-refractivity contribution is 0.249. The fourth-order valence-electron chi connectivity index (χ4n) is 2.14. The van der Waals surface area contributed by atoms with E-state index in [1.807, 2.05) is 0 Å². The molecular weight excluding hydrogens is 242 g/mol. The maximum atomic E-state index is 11.7. The Morgan fingerprint density at radius 1 is 1.47 bits per heavy atom. The molecule has 0 aliphatic heterocycles. The Hall–Kier alpha value is -2.04. The molecule has 2 rings (SSSR count). The Morgan fingerprint density at radius 3 is 3.05 bits per heavy atom. The van der Waals surface area contributed by atoms with E-state index in [4.69, 9.17) is 0 Å². The fraction of sp³-hybridized carbons (Fsp3) is 0.429. The third-order valence-electron chi connectivity index (χ3n) is 3.30. The van der Waals surface area contributed by atoms with Gasteiger partial charge in [0.15, 0.2) is 0 Å². The van der Waals surface area contributed by atoms with Crippen LogP contribution in [0.25, 0.3) is 0 Å². The van der Waals surface area contributed by atoms with Gasteiger partial charge in [0, 0.05) is 19.8 Å². The molecule has 0 spiro atoms. The normalized spacial score (nSPS) is 18.1. The first-order valence-electron chi connectivity index (χ1n) is 6.52. The summed E-state index contributed by atoms with van der Waals surface area (Å²) in [4.78, 5) is 23.5. The van der Waals surface area contributed by atoms with E-state index < -0.39 is 0 Å². The van der Waals surface area contributed by atoms with Crippen LogP contribution in [-0.4, -0.2) is 17.1 Å². The molecule has 0 bridgehead atoms. The summed E-state index contributed by atoms with van der Waals surface area (Å²) in [7, 11) is 1.65. The highest BCUT2D eigenvalue weighted by Crippen LogP contribution is 2.16. The number of pyridine rings is 1. The molecule has 1 aromatic heterocycles. The van der Waals surface area contributed by atoms with Crippen LogP contribution in [0.1, 0.15) is 19.3 Å². The third-order valence-corrected chi connectivity index (χ3v) is 3.30. The van der Waals surface area contributed by atoms with Gasteiger partial charge in [0.25, 0.3) is 5.56 Å². The lowest BCUT2D eigenvalue weighted by atomic mass is 9.94. The van der Waals surface area contributed by atoms with Gasteiger partial charge in [-0.1, -0.05) is 12.2 Å². The number of allylic oxidation sites excluding steroid dienone is 2. The number of urea groups is 1. The van der Waals surface area contributed by atoms with Crippen LogP contribution < -0.4 is 16.2 Å². The molecule has 0 saturated carbocycles. The molecule has 1 aliphatic carbocycles. The lowest BCUT2D eigenvalue weighted by Gasteiger charge is -2.18. The van der Waals surface area contributed by atoms with Gasteiger partial charge in [-0.15, -0.1) is 0 Å². The zero-order valence-corrected chi connectivity index (χ0v) is 11.1. The van der Waals surface area contributed by atoms with Crippen molar-refractivity contribution in [3.05, 3.63) is 40.8 Å². The molecule has 2 amide bonds. The van der Waals surface area contributed by atoms with Crippen molar-refractivity contribution in [2.75, 3.05) is 11.9 Å². The summed E-state index contributed by atoms with van der Waals surface area (Å²) < 4.78 is 1.43. The predicted molar refractivity (Wildman–Crippen MR) is 75.2 cm³/mol. The minimum atomic E-state index is -0.321. The van der Waals surface area contributed by atoms with E-state index >= 15 is 0 Å². The molecular formula is C14H19N3O2. The predicted octanol–water partition coefficient (Wildman–Crippen LogP) is 1.86. The molecule has 19 heavy (non-hydrogen) atoms. The molecule has 0 saturated heterocycles. The van der Waals surface area contributed by atoms with E-state index in [0.717, 1.165) is 19.3 Å². The van der Waals surface area contributed by atoms with Crippen molar-refractivity contribution in [3.8, 4) is 0 Å². The number of anilines is 1. The van der Waals surface area contributed by atoms with E-state index in [1.54, 1.807) is 25.4 Å². The minimum absolute atomic E-state index is 0.210. The van der Waals surface area contributed by atoms with Crippen molar-refractivity contribution in [2.24, 2.45) is 13.0 Å². The Morgan fingerprint density at radius 2 is 2.32 bits per heavy atom. The number of nitrogens with one attached hydrogen (secondary N) is 2. The summed E-state index contributed by atoms with van der Waals surface area (Å²) in [5.41, 5.74) is 0.0873. The number of carbonyl (C=O) groups is 1. The van der Waals surface area contributed by atoms with Crippen molar-refractivity contribution in [1.82, 2.24) is 9.88 Å². The van der Waals surface area contributed by atoms with Crippen molar-refractivity contribution in [2.45, 2.75) is 19.3 Å². The summed E-state index contributed by atoms with van der Waals surface area (Å²) in [5, 5.41) is 5.40. The van der Waals surface area contributed by atoms with Crippen LogP contribution in [0.15, 0.2) is 35.3 Å². The average Bonchev–Trinajstić information content (AvgIpc) is 2.43. The number of carbonyl (C=O) groups excluding carboxylic acids is 1. The van der Waals surface area contributed by atoms with Gasteiger partial charge >= 0.3 is 6.03 Å². The quantitative estimate of drug-likeness (QED) is 0.816. The first kappa shape index (κ1) is 13.4. The van der Waals surface area contributed by atoms with Crippen LogP contribution in [-0.2, 0) is 7.05 Å². The van der Waals surface area contributed by atoms with Gasteiger partial charge in [0.1, 0.15) is 5.69 Å². The number of amides is 2. The number of rotatable bonds is 3. The molecule has 1 aromatic rings. The maximum absolute atomic E-state index is 11.7. The maximum Gasteiger partial charge on any atom is 0.319 e. The summed E-state index contributed by atoms with van der Waals surface area (Å²) in [6.07, 6.45) is 9.16. The van der Waals surface area contributed by atoms with Gasteiger partial charge < -0.3 is 15.2 Å². The first-order valence-corrected chi connectivity index (χ1v) is 6.52. The van der Waals surface area contributed by atoms with Crippen LogP contribution in [0.5, 0.6) is 0 Å². The Labute approximate surface area is 112 Å². The van der Waals surface area contributed by atoms with Crippen LogP contribution in [0, 0.1) is 5.92 Å². The van der Waals surface area contributed by atoms with Crippen molar-refractivity contribution < 1.29 is 4.79 Å². The highest BCUT2D eigenvalue weighted by Gasteiger charge is 2.12. The standard InChI is InChI=1S/C14H19N3O2/c1-17-9-5-8-12(13(17)18)16-14(19)15-10-11-6-3-2-4-7-11/h2-3,5,8-9,11H,4,6-7,10H2,1H3,(H2,15,16,19)/t11-/m0/s1. The van der Waals surface area contributed by atoms with E-state index in [9.17, 15) is 9.59 Å². The Kier molecular flexibility index (Phi) is 4.39. The van der Waals surface area contributed by atoms with Crippen molar-refractivity contribution >= 4 is 11.7 Å². The number of aromatic nitrogens is 1. The third kappa shape index (κ3) is 3.71. The number of aryl methyl sites for hydroxylation is 1. The Balaban J connectivity index is 1.85. The number of hydrogen-bond donors (Lipinski definition) is 2. The topological polar surface area (TPSA) is 63.1 Å². The second-order valence-corrected chi connectivity index (χ2v) is 4.82. The highest BCUT2D eigenvalue weighted by molar-refractivity contribution is 5.88. The van der Waals surface area contributed by atoms with Crippen LogP contribution in [0.3, 0.4) is 0 Å². The van der Waals surface area contributed by atoms with Crippen LogP contribution >= 0.6 is 0 Å². The minimum Gasteiger partial charge on any atom is -0.338 e. The summed E-state index contributed by atoms with van der Waals surface area (Å²) in [5.74, 6) is 0.495. The fourth-order valence-corrected chi connectivity index (χ4v) is 2.14. The van der Waals surface area contributed by atoms with Gasteiger partial charge in [0.05, 0.1) is 0 Å². The summed E-state index contributed by atoms with van der Waals surface area (Å²) in [6.45, 7) is 0.642. The van der Waals surface area contributed by atoms with E-state index in [1.165, 1.54) is 4.57 Å². The van der Waals surface area contributed by atoms with Gasteiger partial charge in [-0.2, -0.15) is 0 Å². The molecule has 0 unspecified atom stereocenters. The molecule has 5 nitrogen and oxygen atoms in total. The smallest absolute Gasteiger partial charge is 0.319 e. The van der Waals surface area contributed by atoms with Crippen molar-refractivity contribution in [3.63, 3.8) is 0 Å². The van der Waals surface area contributed by atoms with E-state index in [-0.39, 0.29) is 11.6 Å². The van der Waals surface area contributed by atoms with Crippen molar-refractivity contribution in [1.29, 1.82) is 0 Å². The summed E-state index contributed by atoms with van der Waals surface area (Å²) >= 11 is 0. The zero-order valence-electron chi connectivity index (χ0n) is 11.1. The first-order chi connectivity index (χ1) is 9.16. The monoisotopic (exact) mass is 261 g/mol. The second-order valence-electron chi connectivity index (χ2n) is 4.82. The SMILES string of the molecule is Cn1cccc(NC(=O)NC[C@H]2CC=CCC2)c1=O.